The number of benzene rings is 1. The molecule has 166 valence electrons. The highest BCUT2D eigenvalue weighted by Gasteiger charge is 2.42. The van der Waals surface area contributed by atoms with Gasteiger partial charge >= 0.3 is 0 Å². The van der Waals surface area contributed by atoms with Gasteiger partial charge in [-0.2, -0.15) is 0 Å². The Morgan fingerprint density at radius 3 is 2.75 bits per heavy atom. The van der Waals surface area contributed by atoms with E-state index >= 15 is 0 Å². The second-order valence-corrected chi connectivity index (χ2v) is 8.46. The van der Waals surface area contributed by atoms with Crippen molar-refractivity contribution >= 4 is 17.3 Å². The molecule has 0 amide bonds. The molecule has 32 heavy (non-hydrogen) atoms. The van der Waals surface area contributed by atoms with Gasteiger partial charge in [-0.15, -0.1) is 0 Å². The Kier molecular flexibility index (Phi) is 6.10. The fourth-order valence-corrected chi connectivity index (χ4v) is 4.78. The van der Waals surface area contributed by atoms with E-state index < -0.39 is 0 Å². The summed E-state index contributed by atoms with van der Waals surface area (Å²) in [5.41, 5.74) is 1.95. The summed E-state index contributed by atoms with van der Waals surface area (Å²) in [7, 11) is 0. The van der Waals surface area contributed by atoms with Gasteiger partial charge < -0.3 is 24.1 Å². The Hall–Kier alpha value is -2.90. The summed E-state index contributed by atoms with van der Waals surface area (Å²) in [4.78, 5) is 6.79. The predicted molar refractivity (Wildman–Crippen MR) is 126 cm³/mol. The van der Waals surface area contributed by atoms with Crippen LogP contribution in [0.15, 0.2) is 65.2 Å². The lowest BCUT2D eigenvalue weighted by Crippen LogP contribution is -2.36. The predicted octanol–water partition coefficient (Wildman–Crippen LogP) is 4.89. The topological polar surface area (TPSA) is 59.8 Å². The van der Waals surface area contributed by atoms with Crippen molar-refractivity contribution in [3.05, 3.63) is 72.2 Å². The van der Waals surface area contributed by atoms with Crippen LogP contribution in [0.1, 0.15) is 43.3 Å². The maximum atomic E-state index is 6.40. The third kappa shape index (κ3) is 4.23. The van der Waals surface area contributed by atoms with Gasteiger partial charge in [0.2, 0.25) is 0 Å². The minimum Gasteiger partial charge on any atom is -0.494 e. The summed E-state index contributed by atoms with van der Waals surface area (Å²) in [6.07, 6.45) is 4.14. The van der Waals surface area contributed by atoms with Crippen LogP contribution in [-0.2, 0) is 4.74 Å². The average molecular weight is 450 g/mol. The molecule has 3 atom stereocenters. The van der Waals surface area contributed by atoms with E-state index in [9.17, 15) is 0 Å². The van der Waals surface area contributed by atoms with E-state index in [4.69, 9.17) is 26.1 Å². The number of rotatable bonds is 7. The van der Waals surface area contributed by atoms with Crippen LogP contribution >= 0.6 is 12.2 Å². The Morgan fingerprint density at radius 2 is 2.03 bits per heavy atom. The monoisotopic (exact) mass is 449 g/mol. The molecule has 0 bridgehead atoms. The van der Waals surface area contributed by atoms with Gasteiger partial charge in [0.05, 0.1) is 24.4 Å². The van der Waals surface area contributed by atoms with Gasteiger partial charge in [0, 0.05) is 24.9 Å². The molecule has 2 saturated heterocycles. The second kappa shape index (κ2) is 9.30. The first kappa shape index (κ1) is 21.0. The number of furan rings is 1. The zero-order valence-corrected chi connectivity index (χ0v) is 18.9. The molecule has 6 nitrogen and oxygen atoms in total. The average Bonchev–Trinajstić information content (AvgIpc) is 3.57. The van der Waals surface area contributed by atoms with E-state index in [2.05, 4.69) is 15.2 Å². The van der Waals surface area contributed by atoms with Gasteiger partial charge in [0.15, 0.2) is 5.11 Å². The third-order valence-electron chi connectivity index (χ3n) is 5.99. The SMILES string of the molecule is CCOc1ccc(-c2ccc([C@@H]3[C@@H](c4ccccn4)NC(=S)N3C[C@@H]3CCCO3)o2)cc1. The summed E-state index contributed by atoms with van der Waals surface area (Å²) in [5.74, 6) is 2.53. The van der Waals surface area contributed by atoms with E-state index in [0.717, 1.165) is 54.5 Å². The highest BCUT2D eigenvalue weighted by Crippen LogP contribution is 2.41. The zero-order chi connectivity index (χ0) is 21.9. The van der Waals surface area contributed by atoms with Crippen molar-refractivity contribution in [2.75, 3.05) is 19.8 Å². The maximum absolute atomic E-state index is 6.40. The van der Waals surface area contributed by atoms with Crippen molar-refractivity contribution in [3.63, 3.8) is 0 Å². The van der Waals surface area contributed by atoms with Crippen LogP contribution in [0.25, 0.3) is 11.3 Å². The number of hydrogen-bond donors (Lipinski definition) is 1. The third-order valence-corrected chi connectivity index (χ3v) is 6.34. The summed E-state index contributed by atoms with van der Waals surface area (Å²) in [5, 5.41) is 4.18. The molecular weight excluding hydrogens is 422 g/mol. The molecule has 2 aliphatic heterocycles. The standard InChI is InChI=1S/C25H27N3O3S/c1-2-29-18-10-8-17(9-11-18)21-12-13-22(31-21)24-23(20-7-3-4-14-26-20)27-25(32)28(24)16-19-6-5-15-30-19/h3-4,7-14,19,23-24H,2,5-6,15-16H2,1H3,(H,27,32)/t19-,23+,24+/m0/s1. The molecule has 2 aromatic heterocycles. The van der Waals surface area contributed by atoms with Gasteiger partial charge in [-0.1, -0.05) is 6.07 Å². The molecule has 7 heteroatoms. The molecule has 1 aromatic carbocycles. The van der Waals surface area contributed by atoms with Gasteiger partial charge in [-0.3, -0.25) is 4.98 Å². The lowest BCUT2D eigenvalue weighted by atomic mass is 10.0. The largest absolute Gasteiger partial charge is 0.494 e. The Labute approximate surface area is 193 Å². The molecule has 0 radical (unpaired) electrons. The second-order valence-electron chi connectivity index (χ2n) is 8.07. The number of nitrogens with one attached hydrogen (secondary N) is 1. The molecule has 4 heterocycles. The minimum absolute atomic E-state index is 0.0931. The van der Waals surface area contributed by atoms with Gasteiger partial charge in [-0.25, -0.2) is 0 Å². The molecule has 5 rings (SSSR count). The van der Waals surface area contributed by atoms with Gasteiger partial charge in [-0.05, 0) is 80.5 Å². The molecule has 0 unspecified atom stereocenters. The van der Waals surface area contributed by atoms with Crippen molar-refractivity contribution < 1.29 is 13.9 Å². The first-order chi connectivity index (χ1) is 15.7. The summed E-state index contributed by atoms with van der Waals surface area (Å²) < 4.78 is 17.9. The van der Waals surface area contributed by atoms with Crippen LogP contribution in [0.3, 0.4) is 0 Å². The Morgan fingerprint density at radius 1 is 1.16 bits per heavy atom. The minimum atomic E-state index is -0.0990. The fourth-order valence-electron chi connectivity index (χ4n) is 4.47. The first-order valence-electron chi connectivity index (χ1n) is 11.2. The molecule has 2 fully saturated rings. The van der Waals surface area contributed by atoms with Crippen molar-refractivity contribution in [1.82, 2.24) is 15.2 Å². The van der Waals surface area contributed by atoms with E-state index in [1.54, 1.807) is 0 Å². The number of thiocarbonyl (C=S) groups is 1. The molecule has 0 aliphatic carbocycles. The van der Waals surface area contributed by atoms with Gasteiger partial charge in [0.25, 0.3) is 0 Å². The highest BCUT2D eigenvalue weighted by atomic mass is 32.1. The Balaban J connectivity index is 1.46. The van der Waals surface area contributed by atoms with Crippen LogP contribution in [0.5, 0.6) is 5.75 Å². The van der Waals surface area contributed by atoms with Crippen LogP contribution in [-0.4, -0.2) is 40.9 Å². The van der Waals surface area contributed by atoms with E-state index in [-0.39, 0.29) is 18.2 Å². The number of aromatic nitrogens is 1. The van der Waals surface area contributed by atoms with Crippen molar-refractivity contribution in [3.8, 4) is 17.1 Å². The smallest absolute Gasteiger partial charge is 0.170 e. The lowest BCUT2D eigenvalue weighted by molar-refractivity contribution is 0.0818. The molecular formula is C25H27N3O3S. The zero-order valence-electron chi connectivity index (χ0n) is 18.1. The Bertz CT molecular complexity index is 1050. The molecule has 0 saturated carbocycles. The quantitative estimate of drug-likeness (QED) is 0.515. The van der Waals surface area contributed by atoms with E-state index in [0.29, 0.717) is 11.7 Å². The van der Waals surface area contributed by atoms with E-state index in [1.165, 1.54) is 0 Å². The van der Waals surface area contributed by atoms with Gasteiger partial charge in [0.1, 0.15) is 23.3 Å². The molecule has 0 spiro atoms. The number of pyridine rings is 1. The van der Waals surface area contributed by atoms with Crippen molar-refractivity contribution in [1.29, 1.82) is 0 Å². The number of hydrogen-bond acceptors (Lipinski definition) is 5. The first-order valence-corrected chi connectivity index (χ1v) is 11.6. The van der Waals surface area contributed by atoms with E-state index in [1.807, 2.05) is 67.7 Å². The molecule has 2 aliphatic rings. The highest BCUT2D eigenvalue weighted by molar-refractivity contribution is 7.80. The van der Waals surface area contributed by atoms with Crippen molar-refractivity contribution in [2.24, 2.45) is 0 Å². The number of ether oxygens (including phenoxy) is 2. The van der Waals surface area contributed by atoms with Crippen LogP contribution in [0, 0.1) is 0 Å². The van der Waals surface area contributed by atoms with Crippen LogP contribution in [0.2, 0.25) is 0 Å². The molecule has 1 N–H and O–H groups in total. The summed E-state index contributed by atoms with van der Waals surface area (Å²) in [6.45, 7) is 4.18. The lowest BCUT2D eigenvalue weighted by Gasteiger charge is -2.28. The maximum Gasteiger partial charge on any atom is 0.170 e. The van der Waals surface area contributed by atoms with Crippen LogP contribution < -0.4 is 10.1 Å². The molecule has 3 aromatic rings. The fraction of sp³-hybridized carbons (Fsp3) is 0.360. The number of nitrogens with zero attached hydrogens (tertiary/aromatic N) is 2. The summed E-state index contributed by atoms with van der Waals surface area (Å²) in [6, 6.07) is 17.8. The van der Waals surface area contributed by atoms with Crippen LogP contribution in [0.4, 0.5) is 0 Å². The summed E-state index contributed by atoms with van der Waals surface area (Å²) >= 11 is 5.74. The normalized spacial score (nSPS) is 22.8. The van der Waals surface area contributed by atoms with Crippen molar-refractivity contribution in [2.45, 2.75) is 38.0 Å².